The summed E-state index contributed by atoms with van der Waals surface area (Å²) in [5.41, 5.74) is 15.0. The molecule has 8 aromatic rings. The Balaban J connectivity index is 0.00000147. The minimum atomic E-state index is 0.913. The molecule has 1 N–H and O–H groups in total. The number of aliphatic imine (C=N–C) groups is 1. The molecule has 0 unspecified atom stereocenters. The number of rotatable bonds is 9. The highest BCUT2D eigenvalue weighted by molar-refractivity contribution is 7.97. The monoisotopic (exact) mass is 773 g/mol. The molecule has 0 amide bonds. The fraction of sp³-hybridized carbons (Fsp3) is 0.0769. The van der Waals surface area contributed by atoms with Gasteiger partial charge in [-0.05, 0) is 111 Å². The van der Waals surface area contributed by atoms with E-state index < -0.39 is 0 Å². The van der Waals surface area contributed by atoms with E-state index in [1.165, 1.54) is 43.3 Å². The van der Waals surface area contributed by atoms with E-state index in [0.29, 0.717) is 0 Å². The highest BCUT2D eigenvalue weighted by Gasteiger charge is 2.22. The lowest BCUT2D eigenvalue weighted by Gasteiger charge is -2.16. The average molecular weight is 774 g/mol. The zero-order chi connectivity index (χ0) is 39.1. The van der Waals surface area contributed by atoms with E-state index in [-0.39, 0.29) is 0 Å². The van der Waals surface area contributed by atoms with E-state index in [1.807, 2.05) is 44.0 Å². The number of hydrogen-bond acceptors (Lipinski definition) is 5. The lowest BCUT2D eigenvalue weighted by Crippen LogP contribution is -2.00. The first kappa shape index (κ1) is 37.6. The quantitative estimate of drug-likeness (QED) is 0.117. The number of nitrogens with zero attached hydrogens (tertiary/aromatic N) is 2. The number of benzene rings is 6. The van der Waals surface area contributed by atoms with Crippen LogP contribution in [0.2, 0.25) is 0 Å². The number of nitrogens with one attached hydrogen (secondary N) is 1. The first-order valence-corrected chi connectivity index (χ1v) is 21.5. The molecule has 278 valence electrons. The Hall–Kier alpha value is -6.27. The lowest BCUT2D eigenvalue weighted by atomic mass is 9.93. The van der Waals surface area contributed by atoms with Crippen molar-refractivity contribution < 1.29 is 0 Å². The summed E-state index contributed by atoms with van der Waals surface area (Å²) in [4.78, 5) is 10.8. The van der Waals surface area contributed by atoms with Crippen molar-refractivity contribution in [2.24, 2.45) is 4.99 Å². The largest absolute Gasteiger partial charge is 0.354 e. The molecule has 0 fully saturated rings. The van der Waals surface area contributed by atoms with E-state index >= 15 is 0 Å². The van der Waals surface area contributed by atoms with Gasteiger partial charge in [0.05, 0.1) is 22.0 Å². The van der Waals surface area contributed by atoms with Crippen LogP contribution in [0.5, 0.6) is 0 Å². The van der Waals surface area contributed by atoms with Crippen LogP contribution >= 0.6 is 23.1 Å². The Morgan fingerprint density at radius 2 is 1.44 bits per heavy atom. The molecule has 2 aromatic heterocycles. The van der Waals surface area contributed by atoms with Crippen LogP contribution in [0.15, 0.2) is 188 Å². The van der Waals surface area contributed by atoms with E-state index in [0.717, 1.165) is 61.7 Å². The molecule has 0 saturated carbocycles. The van der Waals surface area contributed by atoms with Crippen LogP contribution in [0, 0.1) is 0 Å². The number of anilines is 2. The van der Waals surface area contributed by atoms with Crippen molar-refractivity contribution in [1.82, 2.24) is 4.98 Å². The van der Waals surface area contributed by atoms with Gasteiger partial charge in [0.1, 0.15) is 0 Å². The number of pyridine rings is 1. The third kappa shape index (κ3) is 7.90. The van der Waals surface area contributed by atoms with Gasteiger partial charge in [0, 0.05) is 40.1 Å². The van der Waals surface area contributed by atoms with Crippen LogP contribution in [-0.2, 0) is 6.42 Å². The third-order valence-electron chi connectivity index (χ3n) is 10.2. The molecule has 2 heterocycles. The molecular formula is C52H43N3S2. The van der Waals surface area contributed by atoms with E-state index in [4.69, 9.17) is 9.98 Å². The second kappa shape index (κ2) is 17.3. The molecule has 0 aliphatic heterocycles. The van der Waals surface area contributed by atoms with Gasteiger partial charge in [0.15, 0.2) is 0 Å². The molecule has 0 radical (unpaired) electrons. The van der Waals surface area contributed by atoms with E-state index in [1.54, 1.807) is 29.2 Å². The van der Waals surface area contributed by atoms with Crippen molar-refractivity contribution in [3.05, 3.63) is 199 Å². The van der Waals surface area contributed by atoms with Gasteiger partial charge in [-0.15, -0.1) is 11.3 Å². The summed E-state index contributed by atoms with van der Waals surface area (Å²) in [6.07, 6.45) is 16.8. The van der Waals surface area contributed by atoms with Crippen molar-refractivity contribution in [2.75, 3.05) is 24.9 Å². The van der Waals surface area contributed by atoms with Crippen molar-refractivity contribution in [3.8, 4) is 44.6 Å². The highest BCUT2D eigenvalue weighted by atomic mass is 32.2. The summed E-state index contributed by atoms with van der Waals surface area (Å²) in [5.74, 6) is 0. The predicted molar refractivity (Wildman–Crippen MR) is 252 cm³/mol. The Bertz CT molecular complexity index is 2820. The summed E-state index contributed by atoms with van der Waals surface area (Å²) in [6, 6.07) is 50.2. The molecular weight excluding hydrogens is 731 g/mol. The second-order valence-electron chi connectivity index (χ2n) is 13.9. The molecule has 0 bridgehead atoms. The number of thiophene rings is 1. The van der Waals surface area contributed by atoms with Gasteiger partial charge in [-0.3, -0.25) is 9.98 Å². The van der Waals surface area contributed by atoms with Crippen LogP contribution in [0.1, 0.15) is 16.0 Å². The predicted octanol–water partition coefficient (Wildman–Crippen LogP) is 14.5. The Kier molecular flexibility index (Phi) is 11.4. The van der Waals surface area contributed by atoms with E-state index in [2.05, 4.69) is 157 Å². The van der Waals surface area contributed by atoms with Crippen LogP contribution in [-0.4, -0.2) is 30.3 Å². The first-order chi connectivity index (χ1) is 28.1. The number of allylic oxidation sites excluding steroid dienone is 5. The molecule has 57 heavy (non-hydrogen) atoms. The number of hydrogen-bond donors (Lipinski definition) is 1. The fourth-order valence-corrected chi connectivity index (χ4v) is 8.74. The van der Waals surface area contributed by atoms with Crippen molar-refractivity contribution >= 4 is 61.0 Å². The molecule has 1 aliphatic rings. The standard InChI is InChI=1S/C50H37N3S.C2H6S/c1-3-4-5-6-21-47(51-2)50-49(44-18-11-12-22-48(44)54-50)53-40-29-38(37-25-26-46(52-32-37)36-24-23-33-14-7-8-15-34(33)27-36)28-39(30-40)42-19-13-20-43-41-17-10-9-16-35(41)31-45(42)43;1-3-2/h3-30,32,53H,1,31H2,2H3;1-2H3/b5-4-,21-6?,51-47?;. The van der Waals surface area contributed by atoms with Gasteiger partial charge in [0.25, 0.3) is 0 Å². The van der Waals surface area contributed by atoms with Gasteiger partial charge in [-0.25, -0.2) is 0 Å². The van der Waals surface area contributed by atoms with Gasteiger partial charge < -0.3 is 5.32 Å². The molecule has 0 atom stereocenters. The van der Waals surface area contributed by atoms with E-state index in [9.17, 15) is 0 Å². The zero-order valence-corrected chi connectivity index (χ0v) is 34.0. The smallest absolute Gasteiger partial charge is 0.0770 e. The molecule has 1 aliphatic carbocycles. The van der Waals surface area contributed by atoms with Crippen LogP contribution in [0.4, 0.5) is 11.4 Å². The summed E-state index contributed by atoms with van der Waals surface area (Å²) in [6.45, 7) is 3.80. The molecule has 0 saturated heterocycles. The average Bonchev–Trinajstić information content (AvgIpc) is 3.82. The first-order valence-electron chi connectivity index (χ1n) is 19.0. The summed E-state index contributed by atoms with van der Waals surface area (Å²) < 4.78 is 1.20. The summed E-state index contributed by atoms with van der Waals surface area (Å²) >= 11 is 3.50. The highest BCUT2D eigenvalue weighted by Crippen LogP contribution is 2.44. The van der Waals surface area contributed by atoms with Gasteiger partial charge in [0.2, 0.25) is 0 Å². The molecule has 0 spiro atoms. The molecule has 5 heteroatoms. The zero-order valence-electron chi connectivity index (χ0n) is 32.4. The normalized spacial score (nSPS) is 12.2. The molecule has 9 rings (SSSR count). The lowest BCUT2D eigenvalue weighted by molar-refractivity contribution is 1.26. The van der Waals surface area contributed by atoms with Crippen molar-refractivity contribution in [3.63, 3.8) is 0 Å². The minimum Gasteiger partial charge on any atom is -0.354 e. The van der Waals surface area contributed by atoms with Crippen molar-refractivity contribution in [1.29, 1.82) is 0 Å². The SMILES string of the molecule is C=C/C=C\C=CC(=NC)c1sc2ccccc2c1Nc1cc(-c2ccc(-c3ccc4ccccc4c3)nc2)cc(-c2cccc3c2Cc2ccccc2-3)c1.CSC. The van der Waals surface area contributed by atoms with Crippen molar-refractivity contribution in [2.45, 2.75) is 6.42 Å². The number of thioether (sulfide) groups is 1. The molecule has 3 nitrogen and oxygen atoms in total. The Labute approximate surface area is 343 Å². The topological polar surface area (TPSA) is 37.3 Å². The minimum absolute atomic E-state index is 0.913. The third-order valence-corrected chi connectivity index (χ3v) is 11.4. The maximum absolute atomic E-state index is 5.00. The summed E-state index contributed by atoms with van der Waals surface area (Å²) in [7, 11) is 1.85. The fourth-order valence-electron chi connectivity index (χ4n) is 7.57. The van der Waals surface area contributed by atoms with Crippen LogP contribution in [0.3, 0.4) is 0 Å². The van der Waals surface area contributed by atoms with Crippen LogP contribution in [0.25, 0.3) is 65.5 Å². The maximum Gasteiger partial charge on any atom is 0.0770 e. The van der Waals surface area contributed by atoms with Gasteiger partial charge in [-0.1, -0.05) is 134 Å². The molecule has 6 aromatic carbocycles. The Morgan fingerprint density at radius 1 is 0.702 bits per heavy atom. The maximum atomic E-state index is 5.00. The van der Waals surface area contributed by atoms with Gasteiger partial charge >= 0.3 is 0 Å². The number of aromatic nitrogens is 1. The van der Waals surface area contributed by atoms with Crippen LogP contribution < -0.4 is 5.32 Å². The Morgan fingerprint density at radius 3 is 2.26 bits per heavy atom. The summed E-state index contributed by atoms with van der Waals surface area (Å²) in [5, 5.41) is 7.51. The second-order valence-corrected chi connectivity index (χ2v) is 15.8. The van der Waals surface area contributed by atoms with Gasteiger partial charge in [-0.2, -0.15) is 11.8 Å². The number of fused-ring (bicyclic) bond motifs is 5.